The first-order valence-electron chi connectivity index (χ1n) is 18.0. The predicted octanol–water partition coefficient (Wildman–Crippen LogP) is 2.69. The molecule has 0 fully saturated rings. The molecule has 7 aromatic carbocycles. The summed E-state index contributed by atoms with van der Waals surface area (Å²) in [6.07, 6.45) is 1.86. The van der Waals surface area contributed by atoms with Crippen LogP contribution in [0.15, 0.2) is 146 Å². The van der Waals surface area contributed by atoms with Crippen molar-refractivity contribution < 1.29 is 0 Å². The van der Waals surface area contributed by atoms with Crippen LogP contribution in [0.25, 0.3) is 83.2 Å². The Kier molecular flexibility index (Phi) is 7.77. The lowest BCUT2D eigenvalue weighted by molar-refractivity contribution is 1.12. The summed E-state index contributed by atoms with van der Waals surface area (Å²) in [5.74, 6) is 0.952. The minimum atomic E-state index is 0.952. The van der Waals surface area contributed by atoms with Gasteiger partial charge in [0.25, 0.3) is 0 Å². The van der Waals surface area contributed by atoms with Gasteiger partial charge in [0.1, 0.15) is 45.1 Å². The molecule has 0 unspecified atom stereocenters. The van der Waals surface area contributed by atoms with Crippen molar-refractivity contribution in [3.63, 3.8) is 0 Å². The van der Waals surface area contributed by atoms with Crippen molar-refractivity contribution in [3.05, 3.63) is 146 Å². The Morgan fingerprint density at radius 1 is 0.423 bits per heavy atom. The molecule has 0 aliphatic rings. The maximum atomic E-state index is 5.33. The number of aromatic nitrogens is 3. The van der Waals surface area contributed by atoms with Crippen molar-refractivity contribution in [2.24, 2.45) is 0 Å². The van der Waals surface area contributed by atoms with E-state index in [1.807, 2.05) is 18.3 Å². The van der Waals surface area contributed by atoms with Crippen molar-refractivity contribution in [3.8, 4) is 50.6 Å². The number of fused-ring (bicyclic) bond motifs is 3. The summed E-state index contributed by atoms with van der Waals surface area (Å²) in [6.45, 7) is 0. The third-order valence-corrected chi connectivity index (χ3v) is 11.2. The molecule has 0 aliphatic carbocycles. The van der Waals surface area contributed by atoms with E-state index in [2.05, 4.69) is 176 Å². The zero-order valence-corrected chi connectivity index (χ0v) is 30.2. The van der Waals surface area contributed by atoms with Crippen molar-refractivity contribution >= 4 is 99.1 Å². The molecule has 52 heavy (non-hydrogen) atoms. The molecule has 0 spiro atoms. The Hall–Kier alpha value is -6.00. The van der Waals surface area contributed by atoms with E-state index in [-0.39, 0.29) is 0 Å². The smallest absolute Gasteiger partial charge is 0.145 e. The molecule has 240 valence electrons. The topological polar surface area (TPSA) is 30.7 Å². The highest BCUT2D eigenvalue weighted by molar-refractivity contribution is 6.68. The highest BCUT2D eigenvalue weighted by Crippen LogP contribution is 2.44. The molecule has 0 amide bonds. The molecule has 3 nitrogen and oxygen atoms in total. The number of benzene rings is 7. The van der Waals surface area contributed by atoms with Crippen LogP contribution < -0.4 is 27.3 Å². The van der Waals surface area contributed by atoms with E-state index < -0.39 is 0 Å². The van der Waals surface area contributed by atoms with Gasteiger partial charge in [-0.2, -0.15) is 0 Å². The van der Waals surface area contributed by atoms with Gasteiger partial charge in [-0.05, 0) is 80.2 Å². The molecule has 2 heterocycles. The van der Waals surface area contributed by atoms with Crippen molar-refractivity contribution in [1.29, 1.82) is 0 Å². The van der Waals surface area contributed by atoms with Gasteiger partial charge in [-0.1, -0.05) is 125 Å². The Balaban J connectivity index is 1.29. The van der Waals surface area contributed by atoms with Crippen molar-refractivity contribution in [2.45, 2.75) is 0 Å². The third kappa shape index (κ3) is 5.05. The minimum absolute atomic E-state index is 0.952. The van der Waals surface area contributed by atoms with Gasteiger partial charge in [0.15, 0.2) is 0 Å². The maximum Gasteiger partial charge on any atom is 0.145 e. The molecule has 0 saturated carbocycles. The quantitative estimate of drug-likeness (QED) is 0.211. The lowest BCUT2D eigenvalue weighted by Crippen LogP contribution is -2.56. The summed E-state index contributed by atoms with van der Waals surface area (Å²) in [7, 11) is 11.2. The van der Waals surface area contributed by atoms with Crippen LogP contribution >= 0.6 is 0 Å². The summed E-state index contributed by atoms with van der Waals surface area (Å²) in [4.78, 5) is 9.98. The Labute approximate surface area is 308 Å². The van der Waals surface area contributed by atoms with Gasteiger partial charge in [-0.15, -0.1) is 5.46 Å². The molecular formula is C44H34B5N3. The second kappa shape index (κ2) is 12.6. The van der Waals surface area contributed by atoms with E-state index in [1.54, 1.807) is 0 Å². The fourth-order valence-electron chi connectivity index (χ4n) is 8.19. The Bertz CT molecular complexity index is 2780. The molecule has 0 N–H and O–H groups in total. The van der Waals surface area contributed by atoms with Gasteiger partial charge < -0.3 is 0 Å². The van der Waals surface area contributed by atoms with Gasteiger partial charge in [0, 0.05) is 23.0 Å². The second-order valence-corrected chi connectivity index (χ2v) is 14.0. The number of nitrogens with zero attached hydrogens (tertiary/aromatic N) is 3. The van der Waals surface area contributed by atoms with Crippen LogP contribution in [0.5, 0.6) is 0 Å². The monoisotopic (exact) mass is 659 g/mol. The molecule has 2 aromatic heterocycles. The number of hydrogen-bond donors (Lipinski definition) is 0. The second-order valence-electron chi connectivity index (χ2n) is 14.0. The SMILES string of the molecule is Bc1c(B)c(B)c(-n2c(-c3cccc(-c4c5ccccc5c(-c5cccc(-c6ccccn6)c5)c5ccccc45)c3)nc3ccccc32)c(B)c1B. The number of pyridine rings is 1. The van der Waals surface area contributed by atoms with Crippen LogP contribution in [0.4, 0.5) is 0 Å². The van der Waals surface area contributed by atoms with Gasteiger partial charge in [-0.3, -0.25) is 9.55 Å². The first-order chi connectivity index (χ1) is 25.4. The van der Waals surface area contributed by atoms with Crippen molar-refractivity contribution in [2.75, 3.05) is 0 Å². The maximum absolute atomic E-state index is 5.33. The standard InChI is InChI=1S/C44H34B5N3/c45-38-39(46)41(48)43(42(49)40(38)47)52-35-21-6-5-20-34(35)51-44(52)28-14-10-13-27(24-28)37-31-17-3-1-15-29(31)36(30-16-2-4-18-32(30)37)26-12-9-11-25(23-26)33-19-7-8-22-50-33/h1-24H,45-49H2. The fraction of sp³-hybridized carbons (Fsp3) is 0. The average molecular weight is 659 g/mol. The lowest BCUT2D eigenvalue weighted by atomic mass is 9.61. The lowest BCUT2D eigenvalue weighted by Gasteiger charge is -2.23. The van der Waals surface area contributed by atoms with Crippen LogP contribution in [0.1, 0.15) is 0 Å². The number of imidazole rings is 1. The molecular weight excluding hydrogens is 625 g/mol. The predicted molar refractivity (Wildman–Crippen MR) is 237 cm³/mol. The number of para-hydroxylation sites is 2. The molecule has 8 heteroatoms. The molecule has 0 atom stereocenters. The fourth-order valence-corrected chi connectivity index (χ4v) is 8.19. The van der Waals surface area contributed by atoms with Crippen LogP contribution in [0.2, 0.25) is 0 Å². The third-order valence-electron chi connectivity index (χ3n) is 11.2. The highest BCUT2D eigenvalue weighted by Gasteiger charge is 2.22. The first kappa shape index (κ1) is 31.9. The van der Waals surface area contributed by atoms with E-state index in [0.29, 0.717) is 0 Å². The molecule has 0 radical (unpaired) electrons. The van der Waals surface area contributed by atoms with Crippen molar-refractivity contribution in [1.82, 2.24) is 14.5 Å². The zero-order chi connectivity index (χ0) is 35.5. The largest absolute Gasteiger partial charge is 0.294 e. The number of rotatable bonds is 5. The summed E-state index contributed by atoms with van der Waals surface area (Å²) in [6, 6.07) is 50.1. The van der Waals surface area contributed by atoms with Gasteiger partial charge in [-0.25, -0.2) is 4.98 Å². The van der Waals surface area contributed by atoms with Crippen LogP contribution in [0.3, 0.4) is 0 Å². The van der Waals surface area contributed by atoms with E-state index in [9.17, 15) is 0 Å². The van der Waals surface area contributed by atoms with E-state index in [0.717, 1.165) is 33.7 Å². The van der Waals surface area contributed by atoms with E-state index in [4.69, 9.17) is 4.98 Å². The minimum Gasteiger partial charge on any atom is -0.294 e. The van der Waals surface area contributed by atoms with Crippen LogP contribution in [0, 0.1) is 0 Å². The average Bonchev–Trinajstić information content (AvgIpc) is 3.58. The molecule has 0 bridgehead atoms. The van der Waals surface area contributed by atoms with Gasteiger partial charge in [0.05, 0.1) is 16.7 Å². The Morgan fingerprint density at radius 2 is 0.904 bits per heavy atom. The van der Waals surface area contributed by atoms with E-state index >= 15 is 0 Å². The summed E-state index contributed by atoms with van der Waals surface area (Å²) >= 11 is 0. The first-order valence-corrected chi connectivity index (χ1v) is 18.0. The van der Waals surface area contributed by atoms with Gasteiger partial charge >= 0.3 is 0 Å². The molecule has 9 aromatic rings. The van der Waals surface area contributed by atoms with E-state index in [1.165, 1.54) is 76.8 Å². The highest BCUT2D eigenvalue weighted by atomic mass is 15.1. The zero-order valence-electron chi connectivity index (χ0n) is 30.2. The Morgan fingerprint density at radius 3 is 1.48 bits per heavy atom. The molecule has 0 saturated heterocycles. The molecule has 0 aliphatic heterocycles. The molecule has 9 rings (SSSR count). The summed E-state index contributed by atoms with van der Waals surface area (Å²) in [5.41, 5.74) is 17.9. The normalized spacial score (nSPS) is 11.5. The summed E-state index contributed by atoms with van der Waals surface area (Å²) < 4.78 is 2.40. The van der Waals surface area contributed by atoms with Gasteiger partial charge in [0.2, 0.25) is 0 Å². The van der Waals surface area contributed by atoms with Crippen LogP contribution in [-0.4, -0.2) is 53.8 Å². The van der Waals surface area contributed by atoms with Crippen LogP contribution in [-0.2, 0) is 0 Å². The number of hydrogen-bond acceptors (Lipinski definition) is 2. The summed E-state index contributed by atoms with van der Waals surface area (Å²) in [5, 5.41) is 4.90.